The maximum Gasteiger partial charge on any atom is 0.338 e. The van der Waals surface area contributed by atoms with E-state index in [2.05, 4.69) is 0 Å². The summed E-state index contributed by atoms with van der Waals surface area (Å²) in [5, 5.41) is 0. The molecule has 2 unspecified atom stereocenters. The second-order valence-electron chi connectivity index (χ2n) is 9.96. The number of allylic oxidation sites excluding steroid dienone is 2. The third kappa shape index (κ3) is 10.8. The summed E-state index contributed by atoms with van der Waals surface area (Å²) in [6.07, 6.45) is 5.94. The Morgan fingerprint density at radius 3 is 1.13 bits per heavy atom. The Labute approximate surface area is 281 Å². The van der Waals surface area contributed by atoms with Crippen molar-refractivity contribution >= 4 is 47.3 Å². The Hall–Kier alpha value is -4.52. The molecule has 0 radical (unpaired) electrons. The Kier molecular flexibility index (Phi) is 14.4. The molecule has 240 valence electrons. The summed E-state index contributed by atoms with van der Waals surface area (Å²) in [6, 6.07) is 28.6. The lowest BCUT2D eigenvalue weighted by atomic mass is 9.95. The molecule has 4 rings (SSSR count). The number of hydrogen-bond donors (Lipinski definition) is 0. The lowest BCUT2D eigenvalue weighted by Crippen LogP contribution is -2.23. The number of rotatable bonds is 11. The minimum absolute atomic E-state index is 0.222. The summed E-state index contributed by atoms with van der Waals surface area (Å²) < 4.78 is 22.8. The van der Waals surface area contributed by atoms with Crippen LogP contribution in [0.2, 0.25) is 0 Å². The lowest BCUT2D eigenvalue weighted by molar-refractivity contribution is -0.0388. The van der Waals surface area contributed by atoms with E-state index in [4.69, 9.17) is 42.1 Å². The van der Waals surface area contributed by atoms with E-state index in [0.29, 0.717) is 33.8 Å². The molecule has 0 heterocycles. The highest BCUT2D eigenvalue weighted by molar-refractivity contribution is 6.43. The molecular weight excluding hydrogens is 623 g/mol. The molecule has 0 bridgehead atoms. The van der Waals surface area contributed by atoms with Gasteiger partial charge in [-0.25, -0.2) is 9.59 Å². The van der Waals surface area contributed by atoms with Crippen LogP contribution in [0.5, 0.6) is 11.5 Å². The maximum absolute atomic E-state index is 13.5. The van der Waals surface area contributed by atoms with Crippen LogP contribution >= 0.6 is 23.2 Å². The van der Waals surface area contributed by atoms with Crippen LogP contribution in [0.4, 0.5) is 0 Å². The fourth-order valence-electron chi connectivity index (χ4n) is 4.41. The summed E-state index contributed by atoms with van der Waals surface area (Å²) in [6.45, 7) is 5.59. The van der Waals surface area contributed by atoms with Gasteiger partial charge in [-0.15, -0.1) is 23.2 Å². The first-order valence-electron chi connectivity index (χ1n) is 14.6. The zero-order valence-electron chi connectivity index (χ0n) is 26.5. The van der Waals surface area contributed by atoms with E-state index in [1.54, 1.807) is 69.7 Å². The summed E-state index contributed by atoms with van der Waals surface area (Å²) >= 11 is 10.1. The van der Waals surface area contributed by atoms with Gasteiger partial charge in [-0.1, -0.05) is 72.8 Å². The van der Waals surface area contributed by atoms with Crippen molar-refractivity contribution in [2.45, 2.75) is 37.8 Å². The molecule has 4 aromatic carbocycles. The van der Waals surface area contributed by atoms with Gasteiger partial charge in [0.15, 0.2) is 12.2 Å². The van der Waals surface area contributed by atoms with Crippen molar-refractivity contribution in [2.24, 2.45) is 0 Å². The van der Waals surface area contributed by atoms with Gasteiger partial charge in [-0.05, 0) is 91.6 Å². The summed E-state index contributed by atoms with van der Waals surface area (Å²) in [7, 11) is 3.12. The molecule has 0 aliphatic heterocycles. The van der Waals surface area contributed by atoms with E-state index in [9.17, 15) is 9.59 Å². The van der Waals surface area contributed by atoms with Crippen molar-refractivity contribution in [3.05, 3.63) is 143 Å². The number of alkyl halides is 2. The van der Waals surface area contributed by atoms with Crippen LogP contribution in [0.15, 0.2) is 109 Å². The van der Waals surface area contributed by atoms with E-state index in [1.807, 2.05) is 86.7 Å². The number of carbonyl (C=O) groups is 2. The predicted octanol–water partition coefficient (Wildman–Crippen LogP) is 10.1. The minimum atomic E-state index is -0.950. The standard InChI is InChI=1S/C36H34O6.C2H4Cl2/c1-5-7-25-9-13-27(14-10-25)33(41-35(37)29-17-21-31(39-3)22-18-29)34(28-15-11-26(8-6-2)12-16-28)42-36(38)30-19-23-32(40-4)24-20-30;1-2(3)4/h5-24,33-34H,1-4H3;2H,1H3/b7-5+,8-6+;. The van der Waals surface area contributed by atoms with Crippen LogP contribution in [-0.4, -0.2) is 31.0 Å². The summed E-state index contributed by atoms with van der Waals surface area (Å²) in [5.74, 6) is 0.123. The highest BCUT2D eigenvalue weighted by atomic mass is 35.5. The molecule has 0 aromatic heterocycles. The first-order chi connectivity index (χ1) is 22.2. The van der Waals surface area contributed by atoms with Crippen LogP contribution in [0.1, 0.15) is 75.9 Å². The van der Waals surface area contributed by atoms with Gasteiger partial charge in [-0.3, -0.25) is 0 Å². The Morgan fingerprint density at radius 2 is 0.870 bits per heavy atom. The van der Waals surface area contributed by atoms with Gasteiger partial charge in [0, 0.05) is 0 Å². The van der Waals surface area contributed by atoms with Crippen LogP contribution in [-0.2, 0) is 9.47 Å². The third-order valence-electron chi connectivity index (χ3n) is 6.64. The molecule has 0 aliphatic rings. The number of carbonyl (C=O) groups excluding carboxylic acids is 2. The molecular formula is C38H38Cl2O6. The zero-order chi connectivity index (χ0) is 33.5. The Bertz CT molecular complexity index is 1460. The first kappa shape index (κ1) is 36.0. The van der Waals surface area contributed by atoms with Crippen LogP contribution in [0, 0.1) is 0 Å². The first-order valence-corrected chi connectivity index (χ1v) is 15.5. The van der Waals surface area contributed by atoms with Crippen LogP contribution in [0.25, 0.3) is 12.2 Å². The molecule has 0 saturated heterocycles. The molecule has 0 spiro atoms. The van der Waals surface area contributed by atoms with E-state index >= 15 is 0 Å². The number of ether oxygens (including phenoxy) is 4. The second-order valence-corrected chi connectivity index (χ2v) is 11.5. The Morgan fingerprint density at radius 1 is 0.565 bits per heavy atom. The quantitative estimate of drug-likeness (QED) is 0.118. The molecule has 6 nitrogen and oxygen atoms in total. The summed E-state index contributed by atoms with van der Waals surface area (Å²) in [5.41, 5.74) is 4.02. The monoisotopic (exact) mass is 660 g/mol. The molecule has 8 heteroatoms. The molecule has 0 fully saturated rings. The molecule has 2 atom stereocenters. The van der Waals surface area contributed by atoms with Crippen molar-refractivity contribution in [2.75, 3.05) is 14.2 Å². The van der Waals surface area contributed by atoms with Crippen LogP contribution < -0.4 is 9.47 Å². The zero-order valence-corrected chi connectivity index (χ0v) is 28.0. The average Bonchev–Trinajstić information content (AvgIpc) is 3.07. The van der Waals surface area contributed by atoms with E-state index < -0.39 is 24.1 Å². The van der Waals surface area contributed by atoms with Crippen molar-refractivity contribution in [3.8, 4) is 11.5 Å². The molecule has 0 amide bonds. The SMILES string of the molecule is C/C=C/c1ccc(C(OC(=O)c2ccc(OC)cc2)C(OC(=O)c2ccc(OC)cc2)c2ccc(/C=C/C)cc2)cc1.CC(Cl)Cl. The Balaban J connectivity index is 0.00000136. The minimum Gasteiger partial charge on any atom is -0.497 e. The highest BCUT2D eigenvalue weighted by Crippen LogP contribution is 2.37. The van der Waals surface area contributed by atoms with E-state index in [-0.39, 0.29) is 4.84 Å². The molecule has 46 heavy (non-hydrogen) atoms. The van der Waals surface area contributed by atoms with E-state index in [1.165, 1.54) is 0 Å². The van der Waals surface area contributed by atoms with Crippen LogP contribution in [0.3, 0.4) is 0 Å². The largest absolute Gasteiger partial charge is 0.497 e. The van der Waals surface area contributed by atoms with E-state index in [0.717, 1.165) is 11.1 Å². The van der Waals surface area contributed by atoms with Gasteiger partial charge < -0.3 is 18.9 Å². The maximum atomic E-state index is 13.5. The van der Waals surface area contributed by atoms with Gasteiger partial charge in [0.05, 0.1) is 25.3 Å². The smallest absolute Gasteiger partial charge is 0.338 e. The van der Waals surface area contributed by atoms with Gasteiger partial charge in [-0.2, -0.15) is 0 Å². The van der Waals surface area contributed by atoms with Crippen molar-refractivity contribution in [3.63, 3.8) is 0 Å². The van der Waals surface area contributed by atoms with Gasteiger partial charge >= 0.3 is 11.9 Å². The highest BCUT2D eigenvalue weighted by Gasteiger charge is 2.33. The topological polar surface area (TPSA) is 71.1 Å². The number of halogens is 2. The summed E-state index contributed by atoms with van der Waals surface area (Å²) in [4.78, 5) is 26.7. The molecule has 0 N–H and O–H groups in total. The van der Waals surface area contributed by atoms with Crippen molar-refractivity contribution in [1.29, 1.82) is 0 Å². The lowest BCUT2D eigenvalue weighted by Gasteiger charge is -2.28. The number of methoxy groups -OCH3 is 2. The third-order valence-corrected chi connectivity index (χ3v) is 6.64. The van der Waals surface area contributed by atoms with Gasteiger partial charge in [0.2, 0.25) is 0 Å². The number of esters is 2. The fourth-order valence-corrected chi connectivity index (χ4v) is 4.41. The van der Waals surface area contributed by atoms with Gasteiger partial charge in [0.1, 0.15) is 16.3 Å². The molecule has 0 saturated carbocycles. The predicted molar refractivity (Wildman–Crippen MR) is 186 cm³/mol. The fraction of sp³-hybridized carbons (Fsp3) is 0.211. The normalized spacial score (nSPS) is 12.3. The van der Waals surface area contributed by atoms with Crippen molar-refractivity contribution in [1.82, 2.24) is 0 Å². The van der Waals surface area contributed by atoms with Gasteiger partial charge in [0.25, 0.3) is 0 Å². The number of benzene rings is 4. The average molecular weight is 662 g/mol. The van der Waals surface area contributed by atoms with Crippen molar-refractivity contribution < 1.29 is 28.5 Å². The second kappa shape index (κ2) is 18.4. The number of hydrogen-bond acceptors (Lipinski definition) is 6. The molecule has 4 aromatic rings. The molecule has 0 aliphatic carbocycles.